The van der Waals surface area contributed by atoms with Crippen molar-refractivity contribution in [1.82, 2.24) is 0 Å². The van der Waals surface area contributed by atoms with Crippen LogP contribution in [0.1, 0.15) is 19.8 Å². The van der Waals surface area contributed by atoms with E-state index in [1.165, 1.54) is 0 Å². The van der Waals surface area contributed by atoms with Crippen molar-refractivity contribution in [2.45, 2.75) is 19.8 Å². The summed E-state index contributed by atoms with van der Waals surface area (Å²) < 4.78 is 0. The van der Waals surface area contributed by atoms with Crippen LogP contribution in [0.5, 0.6) is 0 Å². The largest absolute Gasteiger partial charge is 0.288 e. The first kappa shape index (κ1) is 6.02. The Morgan fingerprint density at radius 1 is 1.83 bits per heavy atom. The molecule has 0 bridgehead atoms. The Morgan fingerprint density at radius 3 is 2.33 bits per heavy atom. The number of carbonyl (C=O) groups excluding carboxylic acids is 1. The molecular formula is C4H8OS. The molecule has 0 saturated carbocycles. The predicted octanol–water partition coefficient (Wildman–Crippen LogP) is 1.24. The maximum Gasteiger partial charge on any atom is 0.185 e. The molecule has 0 aliphatic carbocycles. The van der Waals surface area contributed by atoms with Crippen molar-refractivity contribution in [2.75, 3.05) is 0 Å². The average Bonchev–Trinajstić information content (AvgIpc) is 1.35. The molecule has 0 aliphatic heterocycles. The molecule has 36 valence electrons. The molecule has 1 nitrogen and oxygen atoms in total. The maximum atomic E-state index is 9.91. The fourth-order valence-electron chi connectivity index (χ4n) is 0.214. The zero-order chi connectivity index (χ0) is 4.99. The Hall–Kier alpha value is 0.0200. The minimum Gasteiger partial charge on any atom is -0.288 e. The van der Waals surface area contributed by atoms with Crippen LogP contribution in [-0.4, -0.2) is 5.12 Å². The standard InChI is InChI=1S/C4H8OS/c1-2-3-4(5)6/h2-3H2,1H3,(H,5,6). The van der Waals surface area contributed by atoms with Crippen molar-refractivity contribution in [3.63, 3.8) is 0 Å². The van der Waals surface area contributed by atoms with Gasteiger partial charge in [-0.05, 0) is 6.42 Å². The van der Waals surface area contributed by atoms with Crippen molar-refractivity contribution < 1.29 is 4.79 Å². The highest BCUT2D eigenvalue weighted by Crippen LogP contribution is 1.89. The summed E-state index contributed by atoms with van der Waals surface area (Å²) in [5, 5.41) is -0.0162. The van der Waals surface area contributed by atoms with Gasteiger partial charge in [0.15, 0.2) is 5.12 Å². The number of thiol groups is 1. The fourth-order valence-corrected chi connectivity index (χ4v) is 0.437. The van der Waals surface area contributed by atoms with Crippen LogP contribution in [0.15, 0.2) is 0 Å². The zero-order valence-electron chi connectivity index (χ0n) is 3.77. The molecule has 2 heteroatoms. The smallest absolute Gasteiger partial charge is 0.185 e. The van der Waals surface area contributed by atoms with Crippen LogP contribution in [0.25, 0.3) is 0 Å². The molecule has 0 heterocycles. The van der Waals surface area contributed by atoms with Crippen LogP contribution >= 0.6 is 12.6 Å². The highest BCUT2D eigenvalue weighted by molar-refractivity contribution is 7.96. The number of rotatable bonds is 2. The van der Waals surface area contributed by atoms with Gasteiger partial charge in [-0.25, -0.2) is 0 Å². The van der Waals surface area contributed by atoms with E-state index in [9.17, 15) is 4.79 Å². The SMILES string of the molecule is CCCC(=O)S. The van der Waals surface area contributed by atoms with E-state index < -0.39 is 0 Å². The molecule has 0 atom stereocenters. The van der Waals surface area contributed by atoms with Gasteiger partial charge < -0.3 is 0 Å². The van der Waals surface area contributed by atoms with Crippen molar-refractivity contribution >= 4 is 17.7 Å². The minimum absolute atomic E-state index is 0.0162. The molecule has 0 radical (unpaired) electrons. The lowest BCUT2D eigenvalue weighted by Gasteiger charge is -1.79. The molecule has 0 amide bonds. The van der Waals surface area contributed by atoms with Gasteiger partial charge in [0.05, 0.1) is 0 Å². The van der Waals surface area contributed by atoms with Crippen molar-refractivity contribution in [1.29, 1.82) is 0 Å². The molecule has 0 aliphatic rings. The highest BCUT2D eigenvalue weighted by Gasteiger charge is 1.85. The third-order valence-electron chi connectivity index (χ3n) is 0.464. The van der Waals surface area contributed by atoms with Gasteiger partial charge >= 0.3 is 0 Å². The molecule has 0 aromatic carbocycles. The van der Waals surface area contributed by atoms with E-state index in [4.69, 9.17) is 0 Å². The van der Waals surface area contributed by atoms with E-state index >= 15 is 0 Å². The van der Waals surface area contributed by atoms with E-state index in [1.807, 2.05) is 6.92 Å². The molecule has 0 aromatic heterocycles. The summed E-state index contributed by atoms with van der Waals surface area (Å²) in [6.45, 7) is 1.95. The molecule has 6 heavy (non-hydrogen) atoms. The monoisotopic (exact) mass is 104 g/mol. The van der Waals surface area contributed by atoms with Gasteiger partial charge in [-0.15, -0.1) is 12.6 Å². The molecule has 0 aromatic rings. The van der Waals surface area contributed by atoms with Crippen LogP contribution in [0.2, 0.25) is 0 Å². The highest BCUT2D eigenvalue weighted by atomic mass is 32.1. The topological polar surface area (TPSA) is 17.1 Å². The zero-order valence-corrected chi connectivity index (χ0v) is 4.66. The summed E-state index contributed by atoms with van der Waals surface area (Å²) in [6.07, 6.45) is 1.51. The third-order valence-corrected chi connectivity index (χ3v) is 0.687. The fraction of sp³-hybridized carbons (Fsp3) is 0.750. The van der Waals surface area contributed by atoms with Gasteiger partial charge in [0.25, 0.3) is 0 Å². The predicted molar refractivity (Wildman–Crippen MR) is 28.9 cm³/mol. The summed E-state index contributed by atoms with van der Waals surface area (Å²) in [7, 11) is 0. The van der Waals surface area contributed by atoms with Gasteiger partial charge in [0, 0.05) is 6.42 Å². The van der Waals surface area contributed by atoms with Gasteiger partial charge in [-0.3, -0.25) is 4.79 Å². The number of carbonyl (C=O) groups is 1. The second kappa shape index (κ2) is 3.22. The Balaban J connectivity index is 2.83. The Labute approximate surface area is 43.2 Å². The van der Waals surface area contributed by atoms with E-state index in [2.05, 4.69) is 12.6 Å². The summed E-state index contributed by atoms with van der Waals surface area (Å²) in [5.41, 5.74) is 0. The average molecular weight is 104 g/mol. The van der Waals surface area contributed by atoms with Crippen LogP contribution in [0.3, 0.4) is 0 Å². The molecule has 0 fully saturated rings. The minimum atomic E-state index is -0.0162. The molecule has 0 saturated heterocycles. The Morgan fingerprint density at radius 2 is 2.33 bits per heavy atom. The second-order valence-electron chi connectivity index (χ2n) is 1.14. The summed E-state index contributed by atoms with van der Waals surface area (Å²) in [4.78, 5) is 9.91. The van der Waals surface area contributed by atoms with Crippen molar-refractivity contribution in [2.24, 2.45) is 0 Å². The molecule has 0 spiro atoms. The van der Waals surface area contributed by atoms with E-state index in [1.54, 1.807) is 0 Å². The van der Waals surface area contributed by atoms with Crippen LogP contribution in [0, 0.1) is 0 Å². The second-order valence-corrected chi connectivity index (χ2v) is 1.64. The lowest BCUT2D eigenvalue weighted by atomic mass is 10.4. The van der Waals surface area contributed by atoms with Crippen LogP contribution < -0.4 is 0 Å². The molecule has 0 rings (SSSR count). The molecule has 0 unspecified atom stereocenters. The number of hydrogen-bond donors (Lipinski definition) is 1. The quantitative estimate of drug-likeness (QED) is 0.522. The molecular weight excluding hydrogens is 96.1 g/mol. The van der Waals surface area contributed by atoms with Gasteiger partial charge in [0.1, 0.15) is 0 Å². The van der Waals surface area contributed by atoms with E-state index in [0.29, 0.717) is 6.42 Å². The summed E-state index contributed by atoms with van der Waals surface area (Å²) in [5.74, 6) is 0. The van der Waals surface area contributed by atoms with Gasteiger partial charge in [-0.1, -0.05) is 6.92 Å². The maximum absolute atomic E-state index is 9.91. The van der Waals surface area contributed by atoms with Crippen LogP contribution in [-0.2, 0) is 4.79 Å². The van der Waals surface area contributed by atoms with Gasteiger partial charge in [0.2, 0.25) is 0 Å². The van der Waals surface area contributed by atoms with E-state index in [-0.39, 0.29) is 5.12 Å². The molecule has 0 N–H and O–H groups in total. The van der Waals surface area contributed by atoms with Crippen LogP contribution in [0.4, 0.5) is 0 Å². The normalized spacial score (nSPS) is 8.33. The lowest BCUT2D eigenvalue weighted by molar-refractivity contribution is -0.110. The summed E-state index contributed by atoms with van der Waals surface area (Å²) >= 11 is 3.54. The lowest BCUT2D eigenvalue weighted by Crippen LogP contribution is -1.80. The first-order valence-corrected chi connectivity index (χ1v) is 2.44. The third kappa shape index (κ3) is 4.02. The van der Waals surface area contributed by atoms with E-state index in [0.717, 1.165) is 6.42 Å². The number of hydrogen-bond acceptors (Lipinski definition) is 1. The first-order chi connectivity index (χ1) is 2.77. The summed E-state index contributed by atoms with van der Waals surface area (Å²) in [6, 6.07) is 0. The first-order valence-electron chi connectivity index (χ1n) is 1.99. The van der Waals surface area contributed by atoms with Gasteiger partial charge in [-0.2, -0.15) is 0 Å². The Bertz CT molecular complexity index is 51.5. The van der Waals surface area contributed by atoms with Crippen molar-refractivity contribution in [3.05, 3.63) is 0 Å². The van der Waals surface area contributed by atoms with Crippen molar-refractivity contribution in [3.8, 4) is 0 Å². The Kier molecular flexibility index (Phi) is 3.23.